The minimum absolute atomic E-state index is 0.0362. The minimum Gasteiger partial charge on any atom is -0.496 e. The van der Waals surface area contributed by atoms with Gasteiger partial charge in [-0.1, -0.05) is 27.2 Å². The Morgan fingerprint density at radius 2 is 1.90 bits per heavy atom. The summed E-state index contributed by atoms with van der Waals surface area (Å²) in [6.07, 6.45) is 3.60. The number of nitrogens with zero attached hydrogens (tertiary/aromatic N) is 1. The smallest absolute Gasteiger partial charge is 0.243 e. The van der Waals surface area contributed by atoms with Crippen molar-refractivity contribution >= 4 is 27.7 Å². The number of nitrogens with one attached hydrogen (secondary N) is 1. The van der Waals surface area contributed by atoms with E-state index in [0.717, 1.165) is 30.6 Å². The van der Waals surface area contributed by atoms with E-state index in [1.807, 2.05) is 11.8 Å². The first-order valence-electron chi connectivity index (χ1n) is 10.2. The number of hydrogen-bond acceptors (Lipinski definition) is 5. The molecule has 0 atom stereocenters. The molecule has 0 unspecified atom stereocenters. The molecule has 1 aromatic carbocycles. The van der Waals surface area contributed by atoms with Gasteiger partial charge in [0.05, 0.1) is 12.0 Å². The Kier molecular flexibility index (Phi) is 8.85. The highest BCUT2D eigenvalue weighted by molar-refractivity contribution is 8.00. The van der Waals surface area contributed by atoms with Crippen molar-refractivity contribution in [3.63, 3.8) is 0 Å². The summed E-state index contributed by atoms with van der Waals surface area (Å²) in [5.74, 6) is 1.44. The highest BCUT2D eigenvalue weighted by Gasteiger charge is 2.26. The molecule has 1 saturated heterocycles. The van der Waals surface area contributed by atoms with Gasteiger partial charge in [-0.15, -0.1) is 0 Å². The zero-order valence-corrected chi connectivity index (χ0v) is 19.6. The number of amides is 1. The summed E-state index contributed by atoms with van der Waals surface area (Å²) in [5, 5.41) is 2.93. The second-order valence-corrected chi connectivity index (χ2v) is 12.1. The number of sulfonamides is 1. The number of piperidine rings is 1. The van der Waals surface area contributed by atoms with Gasteiger partial charge in [0.2, 0.25) is 15.9 Å². The lowest BCUT2D eigenvalue weighted by Crippen LogP contribution is -2.35. The molecule has 1 heterocycles. The summed E-state index contributed by atoms with van der Waals surface area (Å²) < 4.78 is 33.0. The molecule has 2 rings (SSSR count). The molecular weight excluding hydrogens is 408 g/mol. The number of benzene rings is 1. The van der Waals surface area contributed by atoms with Gasteiger partial charge in [0, 0.05) is 36.6 Å². The van der Waals surface area contributed by atoms with Crippen LogP contribution in [0.25, 0.3) is 0 Å². The molecule has 1 aliphatic heterocycles. The molecule has 0 bridgehead atoms. The quantitative estimate of drug-likeness (QED) is 0.593. The van der Waals surface area contributed by atoms with Crippen molar-refractivity contribution in [3.05, 3.63) is 23.8 Å². The maximum atomic E-state index is 12.9. The molecule has 1 N–H and O–H groups in total. The number of methoxy groups -OCH3 is 1. The van der Waals surface area contributed by atoms with E-state index in [4.69, 9.17) is 4.74 Å². The number of ether oxygens (including phenoxy) is 1. The van der Waals surface area contributed by atoms with Crippen LogP contribution >= 0.6 is 11.8 Å². The van der Waals surface area contributed by atoms with Crippen molar-refractivity contribution in [3.8, 4) is 5.75 Å². The van der Waals surface area contributed by atoms with Crippen LogP contribution in [0.15, 0.2) is 23.1 Å². The Bertz CT molecular complexity index is 782. The average Bonchev–Trinajstić information content (AvgIpc) is 2.69. The van der Waals surface area contributed by atoms with Gasteiger partial charge in [-0.2, -0.15) is 16.1 Å². The first kappa shape index (κ1) is 24.0. The second kappa shape index (κ2) is 10.7. The van der Waals surface area contributed by atoms with Gasteiger partial charge in [-0.3, -0.25) is 4.79 Å². The predicted molar refractivity (Wildman–Crippen MR) is 119 cm³/mol. The highest BCUT2D eigenvalue weighted by Crippen LogP contribution is 2.27. The van der Waals surface area contributed by atoms with Crippen LogP contribution in [0.3, 0.4) is 0 Å². The van der Waals surface area contributed by atoms with Crippen molar-refractivity contribution in [1.29, 1.82) is 0 Å². The average molecular weight is 443 g/mol. The zero-order chi connectivity index (χ0) is 21.5. The lowest BCUT2D eigenvalue weighted by molar-refractivity contribution is -0.120. The fourth-order valence-corrected chi connectivity index (χ4v) is 5.63. The van der Waals surface area contributed by atoms with Crippen LogP contribution in [0.1, 0.15) is 52.0 Å². The van der Waals surface area contributed by atoms with E-state index >= 15 is 0 Å². The van der Waals surface area contributed by atoms with E-state index in [1.165, 1.54) is 0 Å². The third-order valence-corrected chi connectivity index (χ3v) is 7.95. The number of thioether (sulfide) groups is 1. The molecule has 0 saturated carbocycles. The minimum atomic E-state index is -3.51. The molecule has 8 heteroatoms. The maximum absolute atomic E-state index is 12.9. The fraction of sp³-hybridized carbons (Fsp3) is 0.667. The largest absolute Gasteiger partial charge is 0.496 e. The van der Waals surface area contributed by atoms with Crippen molar-refractivity contribution in [2.75, 3.05) is 32.5 Å². The summed E-state index contributed by atoms with van der Waals surface area (Å²) in [7, 11) is -1.95. The van der Waals surface area contributed by atoms with Crippen molar-refractivity contribution in [2.24, 2.45) is 0 Å². The van der Waals surface area contributed by atoms with E-state index in [0.29, 0.717) is 38.2 Å². The standard InChI is InChI=1S/C21H34N2O4S2/c1-21(2,3)28-15-12-22-20(24)11-8-17-16-18(9-10-19(17)27-4)29(25,26)23-13-6-5-7-14-23/h9-10,16H,5-8,11-15H2,1-4H3,(H,22,24). The lowest BCUT2D eigenvalue weighted by atomic mass is 10.1. The van der Waals surface area contributed by atoms with E-state index in [1.54, 1.807) is 29.6 Å². The first-order valence-corrected chi connectivity index (χ1v) is 12.6. The summed E-state index contributed by atoms with van der Waals surface area (Å²) in [4.78, 5) is 12.5. The van der Waals surface area contributed by atoms with Crippen LogP contribution in [0.5, 0.6) is 5.75 Å². The normalized spacial score (nSPS) is 15.9. The van der Waals surface area contributed by atoms with E-state index in [9.17, 15) is 13.2 Å². The number of aryl methyl sites for hydroxylation is 1. The monoisotopic (exact) mass is 442 g/mol. The van der Waals surface area contributed by atoms with Gasteiger partial charge in [0.1, 0.15) is 5.75 Å². The van der Waals surface area contributed by atoms with Crippen LogP contribution in [0, 0.1) is 0 Å². The third kappa shape index (κ3) is 7.50. The van der Waals surface area contributed by atoms with Crippen LogP contribution in [-0.4, -0.2) is 55.9 Å². The Morgan fingerprint density at radius 3 is 2.52 bits per heavy atom. The van der Waals surface area contributed by atoms with Gasteiger partial charge in [0.25, 0.3) is 0 Å². The molecule has 0 aliphatic carbocycles. The van der Waals surface area contributed by atoms with E-state index < -0.39 is 10.0 Å². The van der Waals surface area contributed by atoms with Gasteiger partial charge in [0.15, 0.2) is 0 Å². The maximum Gasteiger partial charge on any atom is 0.243 e. The van der Waals surface area contributed by atoms with Crippen LogP contribution in [0.4, 0.5) is 0 Å². The number of carbonyl (C=O) groups excluding carboxylic acids is 1. The van der Waals surface area contributed by atoms with Crippen molar-refractivity contribution < 1.29 is 17.9 Å². The van der Waals surface area contributed by atoms with E-state index in [-0.39, 0.29) is 15.5 Å². The van der Waals surface area contributed by atoms with Gasteiger partial charge in [-0.05, 0) is 43.0 Å². The lowest BCUT2D eigenvalue weighted by Gasteiger charge is -2.26. The third-order valence-electron chi connectivity index (χ3n) is 4.79. The molecule has 164 valence electrons. The summed E-state index contributed by atoms with van der Waals surface area (Å²) in [6.45, 7) is 8.21. The highest BCUT2D eigenvalue weighted by atomic mass is 32.2. The SMILES string of the molecule is COc1ccc(S(=O)(=O)N2CCCCC2)cc1CCC(=O)NCCSC(C)(C)C. The Labute approximate surface area is 179 Å². The Balaban J connectivity index is 1.99. The molecule has 0 spiro atoms. The second-order valence-electron chi connectivity index (χ2n) is 8.25. The predicted octanol–water partition coefficient (Wildman–Crippen LogP) is 3.45. The van der Waals surface area contributed by atoms with Gasteiger partial charge in [-0.25, -0.2) is 8.42 Å². The molecule has 1 aromatic rings. The molecule has 6 nitrogen and oxygen atoms in total. The number of hydrogen-bond donors (Lipinski definition) is 1. The molecule has 29 heavy (non-hydrogen) atoms. The van der Waals surface area contributed by atoms with Crippen LogP contribution < -0.4 is 10.1 Å². The van der Waals surface area contributed by atoms with Crippen molar-refractivity contribution in [1.82, 2.24) is 9.62 Å². The molecule has 0 radical (unpaired) electrons. The molecule has 1 fully saturated rings. The number of rotatable bonds is 9. The summed E-state index contributed by atoms with van der Waals surface area (Å²) in [5.41, 5.74) is 0.741. The fourth-order valence-electron chi connectivity index (χ4n) is 3.25. The first-order chi connectivity index (χ1) is 13.6. The van der Waals surface area contributed by atoms with Crippen LogP contribution in [0.2, 0.25) is 0 Å². The van der Waals surface area contributed by atoms with Gasteiger partial charge < -0.3 is 10.1 Å². The Morgan fingerprint density at radius 1 is 1.21 bits per heavy atom. The molecule has 1 amide bonds. The molecular formula is C21H34N2O4S2. The summed E-state index contributed by atoms with van der Waals surface area (Å²) >= 11 is 1.81. The van der Waals surface area contributed by atoms with E-state index in [2.05, 4.69) is 26.1 Å². The number of carbonyl (C=O) groups is 1. The molecule has 0 aromatic heterocycles. The topological polar surface area (TPSA) is 75.7 Å². The zero-order valence-electron chi connectivity index (χ0n) is 18.0. The van der Waals surface area contributed by atoms with Crippen LogP contribution in [-0.2, 0) is 21.2 Å². The Hall–Kier alpha value is -1.25. The van der Waals surface area contributed by atoms with Crippen molar-refractivity contribution in [2.45, 2.75) is 62.5 Å². The van der Waals surface area contributed by atoms with Gasteiger partial charge >= 0.3 is 0 Å². The summed E-state index contributed by atoms with van der Waals surface area (Å²) in [6, 6.07) is 4.94. The molecule has 1 aliphatic rings.